The summed E-state index contributed by atoms with van der Waals surface area (Å²) in [6.45, 7) is 3.02. The first-order chi connectivity index (χ1) is 8.65. The van der Waals surface area contributed by atoms with Crippen molar-refractivity contribution >= 4 is 5.91 Å². The van der Waals surface area contributed by atoms with E-state index in [1.807, 2.05) is 31.2 Å². The van der Waals surface area contributed by atoms with Crippen LogP contribution in [-0.4, -0.2) is 38.8 Å². The van der Waals surface area contributed by atoms with Crippen molar-refractivity contribution in [3.05, 3.63) is 29.8 Å². The Balaban J connectivity index is 2.23. The molecule has 1 amide bonds. The molecule has 0 radical (unpaired) electrons. The maximum absolute atomic E-state index is 11.4. The Hall–Kier alpha value is -1.59. The van der Waals surface area contributed by atoms with Crippen molar-refractivity contribution in [3.8, 4) is 5.75 Å². The third kappa shape index (κ3) is 4.73. The molecule has 0 aliphatic rings. The highest BCUT2D eigenvalue weighted by Gasteiger charge is 2.11. The standard InChI is InChI=1S/C13H20N2O3/c1-10-5-3-4-6-12(10)18-8-7-15-13(16)11(14)9-17-2/h3-6,11H,7-9,14H2,1-2H3,(H,15,16). The van der Waals surface area contributed by atoms with Crippen LogP contribution in [0.3, 0.4) is 0 Å². The number of amides is 1. The fraction of sp³-hybridized carbons (Fsp3) is 0.462. The number of nitrogens with two attached hydrogens (primary N) is 1. The molecule has 0 fully saturated rings. The van der Waals surface area contributed by atoms with Gasteiger partial charge in [-0.15, -0.1) is 0 Å². The first kappa shape index (κ1) is 14.5. The largest absolute Gasteiger partial charge is 0.491 e. The molecule has 0 aromatic heterocycles. The van der Waals surface area contributed by atoms with Crippen molar-refractivity contribution in [3.63, 3.8) is 0 Å². The lowest BCUT2D eigenvalue weighted by Gasteiger charge is -2.12. The van der Waals surface area contributed by atoms with Crippen molar-refractivity contribution < 1.29 is 14.3 Å². The number of rotatable bonds is 7. The van der Waals surface area contributed by atoms with E-state index in [9.17, 15) is 4.79 Å². The average Bonchev–Trinajstić information content (AvgIpc) is 2.36. The molecule has 1 aromatic carbocycles. The Morgan fingerprint density at radius 1 is 1.44 bits per heavy atom. The monoisotopic (exact) mass is 252 g/mol. The minimum absolute atomic E-state index is 0.213. The Labute approximate surface area is 107 Å². The molecule has 0 bridgehead atoms. The van der Waals surface area contributed by atoms with Gasteiger partial charge in [-0.1, -0.05) is 18.2 Å². The summed E-state index contributed by atoms with van der Waals surface area (Å²) in [5.74, 6) is 0.596. The van der Waals surface area contributed by atoms with E-state index in [0.717, 1.165) is 11.3 Å². The lowest BCUT2D eigenvalue weighted by molar-refractivity contribution is -0.123. The van der Waals surface area contributed by atoms with E-state index in [1.54, 1.807) is 0 Å². The Morgan fingerprint density at radius 3 is 2.83 bits per heavy atom. The van der Waals surface area contributed by atoms with Crippen molar-refractivity contribution in [2.75, 3.05) is 26.9 Å². The zero-order valence-corrected chi connectivity index (χ0v) is 10.8. The van der Waals surface area contributed by atoms with Crippen LogP contribution in [0.2, 0.25) is 0 Å². The lowest BCUT2D eigenvalue weighted by atomic mass is 10.2. The predicted octanol–water partition coefficient (Wildman–Crippen LogP) is 0.464. The summed E-state index contributed by atoms with van der Waals surface area (Å²) < 4.78 is 10.3. The van der Waals surface area contributed by atoms with Gasteiger partial charge in [0.05, 0.1) is 13.2 Å². The van der Waals surface area contributed by atoms with Gasteiger partial charge in [0.15, 0.2) is 0 Å². The van der Waals surface area contributed by atoms with Crippen LogP contribution in [0.1, 0.15) is 5.56 Å². The summed E-state index contributed by atoms with van der Waals surface area (Å²) in [6.07, 6.45) is 0. The number of benzene rings is 1. The SMILES string of the molecule is COCC(N)C(=O)NCCOc1ccccc1C. The number of para-hydroxylation sites is 1. The summed E-state index contributed by atoms with van der Waals surface area (Å²) in [4.78, 5) is 11.4. The summed E-state index contributed by atoms with van der Waals surface area (Å²) in [7, 11) is 1.51. The van der Waals surface area contributed by atoms with Crippen LogP contribution in [0.5, 0.6) is 5.75 Å². The van der Waals surface area contributed by atoms with Crippen LogP contribution in [0, 0.1) is 6.92 Å². The van der Waals surface area contributed by atoms with E-state index in [4.69, 9.17) is 15.2 Å². The van der Waals surface area contributed by atoms with Crippen LogP contribution >= 0.6 is 0 Å². The second kappa shape index (κ2) is 7.68. The fourth-order valence-corrected chi connectivity index (χ4v) is 1.44. The Bertz CT molecular complexity index is 382. The van der Waals surface area contributed by atoms with Crippen LogP contribution in [0.15, 0.2) is 24.3 Å². The van der Waals surface area contributed by atoms with Gasteiger partial charge in [-0.25, -0.2) is 0 Å². The number of aryl methyl sites for hydroxylation is 1. The molecule has 1 rings (SSSR count). The fourth-order valence-electron chi connectivity index (χ4n) is 1.44. The number of hydrogen-bond donors (Lipinski definition) is 2. The maximum Gasteiger partial charge on any atom is 0.239 e. The first-order valence-electron chi connectivity index (χ1n) is 5.86. The molecule has 0 aliphatic carbocycles. The van der Waals surface area contributed by atoms with E-state index in [-0.39, 0.29) is 12.5 Å². The van der Waals surface area contributed by atoms with E-state index < -0.39 is 6.04 Å². The molecule has 0 aliphatic heterocycles. The Kier molecular flexibility index (Phi) is 6.18. The molecule has 3 N–H and O–H groups in total. The molecular formula is C13H20N2O3. The molecule has 0 heterocycles. The normalized spacial score (nSPS) is 11.9. The highest BCUT2D eigenvalue weighted by molar-refractivity contribution is 5.81. The number of carbonyl (C=O) groups excluding carboxylic acids is 1. The summed E-state index contributed by atoms with van der Waals surface area (Å²) in [6, 6.07) is 7.10. The first-order valence-corrected chi connectivity index (χ1v) is 5.86. The molecule has 100 valence electrons. The summed E-state index contributed by atoms with van der Waals surface area (Å²) >= 11 is 0. The van der Waals surface area contributed by atoms with Gasteiger partial charge in [-0.2, -0.15) is 0 Å². The smallest absolute Gasteiger partial charge is 0.239 e. The van der Waals surface area contributed by atoms with E-state index in [0.29, 0.717) is 13.2 Å². The molecule has 0 spiro atoms. The predicted molar refractivity (Wildman–Crippen MR) is 69.5 cm³/mol. The van der Waals surface area contributed by atoms with Gasteiger partial charge < -0.3 is 20.5 Å². The second-order valence-corrected chi connectivity index (χ2v) is 3.97. The molecule has 5 heteroatoms. The third-order valence-corrected chi connectivity index (χ3v) is 2.44. The van der Waals surface area contributed by atoms with Crippen LogP contribution < -0.4 is 15.8 Å². The minimum Gasteiger partial charge on any atom is -0.491 e. The van der Waals surface area contributed by atoms with Gasteiger partial charge in [-0.05, 0) is 18.6 Å². The Morgan fingerprint density at radius 2 is 2.17 bits per heavy atom. The van der Waals surface area contributed by atoms with Gasteiger partial charge in [0.1, 0.15) is 18.4 Å². The van der Waals surface area contributed by atoms with Gasteiger partial charge in [-0.3, -0.25) is 4.79 Å². The van der Waals surface area contributed by atoms with Crippen molar-refractivity contribution in [1.29, 1.82) is 0 Å². The number of methoxy groups -OCH3 is 1. The zero-order valence-electron chi connectivity index (χ0n) is 10.8. The van der Waals surface area contributed by atoms with E-state index in [2.05, 4.69) is 5.32 Å². The minimum atomic E-state index is -0.631. The van der Waals surface area contributed by atoms with Gasteiger partial charge >= 0.3 is 0 Å². The van der Waals surface area contributed by atoms with Crippen LogP contribution in [0.4, 0.5) is 0 Å². The molecule has 0 saturated heterocycles. The molecule has 1 atom stereocenters. The number of hydrogen-bond acceptors (Lipinski definition) is 4. The van der Waals surface area contributed by atoms with Gasteiger partial charge in [0, 0.05) is 7.11 Å². The van der Waals surface area contributed by atoms with E-state index >= 15 is 0 Å². The maximum atomic E-state index is 11.4. The summed E-state index contributed by atoms with van der Waals surface area (Å²) in [5, 5.41) is 2.69. The van der Waals surface area contributed by atoms with Crippen LogP contribution in [-0.2, 0) is 9.53 Å². The second-order valence-electron chi connectivity index (χ2n) is 3.97. The zero-order chi connectivity index (χ0) is 13.4. The van der Waals surface area contributed by atoms with Crippen molar-refractivity contribution in [2.45, 2.75) is 13.0 Å². The molecule has 1 unspecified atom stereocenters. The molecule has 0 saturated carbocycles. The third-order valence-electron chi connectivity index (χ3n) is 2.44. The molecular weight excluding hydrogens is 232 g/mol. The van der Waals surface area contributed by atoms with Crippen molar-refractivity contribution in [1.82, 2.24) is 5.32 Å². The molecule has 18 heavy (non-hydrogen) atoms. The van der Waals surface area contributed by atoms with Gasteiger partial charge in [0.2, 0.25) is 5.91 Å². The quantitative estimate of drug-likeness (QED) is 0.692. The molecule has 1 aromatic rings. The summed E-state index contributed by atoms with van der Waals surface area (Å²) in [5.41, 5.74) is 6.64. The van der Waals surface area contributed by atoms with Crippen molar-refractivity contribution in [2.24, 2.45) is 5.73 Å². The topological polar surface area (TPSA) is 73.6 Å². The average molecular weight is 252 g/mol. The van der Waals surface area contributed by atoms with E-state index in [1.165, 1.54) is 7.11 Å². The van der Waals surface area contributed by atoms with Gasteiger partial charge in [0.25, 0.3) is 0 Å². The molecule has 5 nitrogen and oxygen atoms in total. The van der Waals surface area contributed by atoms with Crippen LogP contribution in [0.25, 0.3) is 0 Å². The number of nitrogens with one attached hydrogen (secondary N) is 1. The highest BCUT2D eigenvalue weighted by atomic mass is 16.5. The number of ether oxygens (including phenoxy) is 2. The highest BCUT2D eigenvalue weighted by Crippen LogP contribution is 2.15. The lowest BCUT2D eigenvalue weighted by Crippen LogP contribution is -2.44. The number of carbonyl (C=O) groups is 1.